The third kappa shape index (κ3) is 4.33. The van der Waals surface area contributed by atoms with Crippen LogP contribution in [-0.2, 0) is 22.0 Å². The standard InChI is InChI=1S/C15H19N3O5S/c1-15(10-24(22)23,14(20)17-21)5-6-18-9-12(8-16-18)11-3-2-4-13(19)7-11/h2-4,7-9,19,21,24H,5-6,10H2,1H3,(H,17,20). The van der Waals surface area contributed by atoms with E-state index in [2.05, 4.69) is 5.10 Å². The number of hydroxylamine groups is 1. The Balaban J connectivity index is 2.12. The van der Waals surface area contributed by atoms with Crippen LogP contribution in [0.15, 0.2) is 36.7 Å². The van der Waals surface area contributed by atoms with E-state index >= 15 is 0 Å². The van der Waals surface area contributed by atoms with Crippen LogP contribution >= 0.6 is 0 Å². The Labute approximate surface area is 140 Å². The highest BCUT2D eigenvalue weighted by atomic mass is 32.2. The van der Waals surface area contributed by atoms with Gasteiger partial charge >= 0.3 is 0 Å². The molecule has 1 aromatic carbocycles. The molecule has 0 aliphatic heterocycles. The summed E-state index contributed by atoms with van der Waals surface area (Å²) in [5.74, 6) is -0.969. The van der Waals surface area contributed by atoms with Crippen LogP contribution in [0.1, 0.15) is 13.3 Å². The van der Waals surface area contributed by atoms with Crippen molar-refractivity contribution >= 4 is 16.6 Å². The lowest BCUT2D eigenvalue weighted by atomic mass is 9.88. The number of hydrogen-bond donors (Lipinski definition) is 4. The molecular formula is C15H19N3O5S. The molecule has 0 saturated heterocycles. The predicted molar refractivity (Wildman–Crippen MR) is 87.2 cm³/mol. The van der Waals surface area contributed by atoms with Crippen LogP contribution in [0.2, 0.25) is 0 Å². The second-order valence-electron chi connectivity index (χ2n) is 5.78. The molecular weight excluding hydrogens is 334 g/mol. The number of phenolic OH excluding ortho intramolecular Hbond substituents is 1. The highest BCUT2D eigenvalue weighted by Crippen LogP contribution is 2.25. The number of aryl methyl sites for hydroxylation is 1. The average Bonchev–Trinajstić information content (AvgIpc) is 3.00. The quantitative estimate of drug-likeness (QED) is 0.331. The molecule has 2 aromatic rings. The maximum absolute atomic E-state index is 11.8. The number of aromatic hydroxyl groups is 1. The van der Waals surface area contributed by atoms with Crippen molar-refractivity contribution in [2.45, 2.75) is 19.9 Å². The van der Waals surface area contributed by atoms with Crippen molar-refractivity contribution in [3.63, 3.8) is 0 Å². The molecule has 24 heavy (non-hydrogen) atoms. The Kier molecular flexibility index (Phi) is 5.58. The molecule has 0 fully saturated rings. The van der Waals surface area contributed by atoms with E-state index < -0.39 is 22.0 Å². The third-order valence-electron chi connectivity index (χ3n) is 3.83. The van der Waals surface area contributed by atoms with Gasteiger partial charge < -0.3 is 5.11 Å². The number of benzene rings is 1. The molecule has 8 nitrogen and oxygen atoms in total. The van der Waals surface area contributed by atoms with Gasteiger partial charge in [-0.15, -0.1) is 0 Å². The number of rotatable bonds is 7. The van der Waals surface area contributed by atoms with Crippen LogP contribution in [0.4, 0.5) is 0 Å². The summed E-state index contributed by atoms with van der Waals surface area (Å²) >= 11 is 0. The normalized spacial score (nSPS) is 13.6. The number of nitrogens with one attached hydrogen (secondary N) is 1. The van der Waals surface area contributed by atoms with Gasteiger partial charge in [-0.05, 0) is 31.0 Å². The van der Waals surface area contributed by atoms with E-state index in [9.17, 15) is 18.3 Å². The lowest BCUT2D eigenvalue weighted by Gasteiger charge is -2.24. The molecule has 1 unspecified atom stereocenters. The summed E-state index contributed by atoms with van der Waals surface area (Å²) in [6.45, 7) is 1.77. The number of carbonyl (C=O) groups is 1. The van der Waals surface area contributed by atoms with Gasteiger partial charge in [-0.25, -0.2) is 13.9 Å². The Morgan fingerprint density at radius 2 is 2.12 bits per heavy atom. The van der Waals surface area contributed by atoms with Crippen molar-refractivity contribution in [1.29, 1.82) is 0 Å². The minimum absolute atomic E-state index is 0.145. The Hall–Kier alpha value is -2.39. The number of phenols is 1. The SMILES string of the molecule is CC(CCn1cc(-c2cccc(O)c2)cn1)(C[SH](=O)=O)C(=O)NO. The number of thiol groups is 1. The number of carbonyl (C=O) groups excluding carboxylic acids is 1. The number of amides is 1. The monoisotopic (exact) mass is 353 g/mol. The molecule has 1 atom stereocenters. The smallest absolute Gasteiger partial charge is 0.250 e. The Bertz CT molecular complexity index is 794. The van der Waals surface area contributed by atoms with Gasteiger partial charge in [0.1, 0.15) is 16.5 Å². The molecule has 3 N–H and O–H groups in total. The zero-order chi connectivity index (χ0) is 17.7. The van der Waals surface area contributed by atoms with Crippen LogP contribution in [0.3, 0.4) is 0 Å². The van der Waals surface area contributed by atoms with Gasteiger partial charge in [0.15, 0.2) is 0 Å². The summed E-state index contributed by atoms with van der Waals surface area (Å²) in [7, 11) is -2.77. The van der Waals surface area contributed by atoms with Gasteiger partial charge in [0.2, 0.25) is 5.91 Å². The predicted octanol–water partition coefficient (Wildman–Crippen LogP) is 0.769. The maximum Gasteiger partial charge on any atom is 0.250 e. The summed E-state index contributed by atoms with van der Waals surface area (Å²) in [5, 5.41) is 22.5. The molecule has 0 saturated carbocycles. The van der Waals surface area contributed by atoms with Gasteiger partial charge in [-0.2, -0.15) is 5.10 Å². The third-order valence-corrected chi connectivity index (χ3v) is 4.79. The van der Waals surface area contributed by atoms with Crippen molar-refractivity contribution in [3.8, 4) is 16.9 Å². The summed E-state index contributed by atoms with van der Waals surface area (Å²) in [5.41, 5.74) is 1.85. The first-order chi connectivity index (χ1) is 11.3. The van der Waals surface area contributed by atoms with Crippen LogP contribution in [0.25, 0.3) is 11.1 Å². The lowest BCUT2D eigenvalue weighted by molar-refractivity contribution is -0.138. The second-order valence-corrected chi connectivity index (χ2v) is 6.77. The first kappa shape index (κ1) is 18.0. The molecule has 1 aromatic heterocycles. The Morgan fingerprint density at radius 1 is 1.38 bits per heavy atom. The molecule has 9 heteroatoms. The van der Waals surface area contributed by atoms with Gasteiger partial charge in [0.25, 0.3) is 0 Å². The van der Waals surface area contributed by atoms with E-state index in [1.807, 2.05) is 6.07 Å². The van der Waals surface area contributed by atoms with E-state index in [-0.39, 0.29) is 17.9 Å². The molecule has 130 valence electrons. The number of aromatic nitrogens is 2. The fourth-order valence-electron chi connectivity index (χ4n) is 2.37. The number of nitrogens with zero attached hydrogens (tertiary/aromatic N) is 2. The van der Waals surface area contributed by atoms with Crippen molar-refractivity contribution in [3.05, 3.63) is 36.7 Å². The fourth-order valence-corrected chi connectivity index (χ4v) is 3.24. The van der Waals surface area contributed by atoms with Crippen LogP contribution in [0, 0.1) is 5.41 Å². The average molecular weight is 353 g/mol. The molecule has 0 aliphatic rings. The second kappa shape index (κ2) is 7.45. The van der Waals surface area contributed by atoms with Crippen molar-refractivity contribution < 1.29 is 23.5 Å². The topological polar surface area (TPSA) is 122 Å². The molecule has 0 aliphatic carbocycles. The zero-order valence-corrected chi connectivity index (χ0v) is 13.9. The zero-order valence-electron chi connectivity index (χ0n) is 13.0. The number of hydrogen-bond acceptors (Lipinski definition) is 6. The van der Waals surface area contributed by atoms with E-state index in [1.54, 1.807) is 35.3 Å². The lowest BCUT2D eigenvalue weighted by Crippen LogP contribution is -2.41. The van der Waals surface area contributed by atoms with Crippen molar-refractivity contribution in [1.82, 2.24) is 15.3 Å². The highest BCUT2D eigenvalue weighted by Gasteiger charge is 2.34. The first-order valence-corrected chi connectivity index (χ1v) is 8.58. The highest BCUT2D eigenvalue weighted by molar-refractivity contribution is 7.72. The molecule has 2 rings (SSSR count). The van der Waals surface area contributed by atoms with E-state index in [0.29, 0.717) is 6.54 Å². The minimum Gasteiger partial charge on any atom is -0.508 e. The maximum atomic E-state index is 11.8. The van der Waals surface area contributed by atoms with E-state index in [1.165, 1.54) is 12.4 Å². The fraction of sp³-hybridized carbons (Fsp3) is 0.333. The molecule has 0 spiro atoms. The molecule has 1 amide bonds. The summed E-state index contributed by atoms with van der Waals surface area (Å²) in [6.07, 6.45) is 3.54. The van der Waals surface area contributed by atoms with E-state index in [0.717, 1.165) is 11.1 Å². The summed E-state index contributed by atoms with van der Waals surface area (Å²) in [6, 6.07) is 6.71. The Morgan fingerprint density at radius 3 is 2.75 bits per heavy atom. The summed E-state index contributed by atoms with van der Waals surface area (Å²) < 4.78 is 23.6. The van der Waals surface area contributed by atoms with Crippen LogP contribution in [-0.4, -0.2) is 40.2 Å². The van der Waals surface area contributed by atoms with Gasteiger partial charge in [0, 0.05) is 18.3 Å². The van der Waals surface area contributed by atoms with Crippen LogP contribution < -0.4 is 5.48 Å². The largest absolute Gasteiger partial charge is 0.508 e. The van der Waals surface area contributed by atoms with Crippen LogP contribution in [0.5, 0.6) is 5.75 Å². The first-order valence-electron chi connectivity index (χ1n) is 7.22. The molecule has 1 heterocycles. The molecule has 0 radical (unpaired) electrons. The van der Waals surface area contributed by atoms with E-state index in [4.69, 9.17) is 5.21 Å². The van der Waals surface area contributed by atoms with Crippen molar-refractivity contribution in [2.75, 3.05) is 5.75 Å². The van der Waals surface area contributed by atoms with Crippen molar-refractivity contribution in [2.24, 2.45) is 5.41 Å². The minimum atomic E-state index is -2.77. The molecule has 0 bridgehead atoms. The van der Waals surface area contributed by atoms with Gasteiger partial charge in [-0.3, -0.25) is 14.7 Å². The summed E-state index contributed by atoms with van der Waals surface area (Å²) in [4.78, 5) is 11.8. The van der Waals surface area contributed by atoms with Gasteiger partial charge in [-0.1, -0.05) is 12.1 Å². The van der Waals surface area contributed by atoms with Gasteiger partial charge in [0.05, 0.1) is 17.4 Å².